The largest absolute Gasteiger partial charge is 0.430 e. The number of hydrogen-bond acceptors (Lipinski definition) is 2. The normalized spacial score (nSPS) is 29.9. The lowest BCUT2D eigenvalue weighted by atomic mass is 10.3. The molecule has 0 bridgehead atoms. The summed E-state index contributed by atoms with van der Waals surface area (Å²) >= 11 is 0. The maximum Gasteiger partial charge on any atom is 0.208 e. The van der Waals surface area contributed by atoms with Crippen LogP contribution < -0.4 is 0 Å². The third kappa shape index (κ3) is 0.920. The van der Waals surface area contributed by atoms with Gasteiger partial charge in [-0.2, -0.15) is 0 Å². The Kier molecular flexibility index (Phi) is 1.45. The van der Waals surface area contributed by atoms with Crippen LogP contribution in [0.3, 0.4) is 0 Å². The molecule has 1 saturated heterocycles. The highest BCUT2D eigenvalue weighted by Crippen LogP contribution is 2.14. The van der Waals surface area contributed by atoms with Gasteiger partial charge in [0.05, 0.1) is 0 Å². The highest BCUT2D eigenvalue weighted by Gasteiger charge is 2.24. The summed E-state index contributed by atoms with van der Waals surface area (Å²) in [6.07, 6.45) is 0.597. The van der Waals surface area contributed by atoms with Gasteiger partial charge in [-0.15, -0.1) is 0 Å². The van der Waals surface area contributed by atoms with Crippen LogP contribution in [0.4, 0.5) is 0 Å². The maximum absolute atomic E-state index is 10.8. The molecule has 1 aliphatic heterocycles. The highest BCUT2D eigenvalue weighted by atomic mass is 16.2. The van der Waals surface area contributed by atoms with Crippen LogP contribution in [-0.2, 0) is 4.79 Å². The molecule has 1 rings (SSSR count). The molecule has 0 aromatic carbocycles. The molecule has 0 spiro atoms. The number of hydrogen-bond donors (Lipinski definition) is 0. The van der Waals surface area contributed by atoms with Crippen LogP contribution >= 0.6 is 0 Å². The van der Waals surface area contributed by atoms with Crippen molar-refractivity contribution in [2.24, 2.45) is 0 Å². The zero-order valence-electron chi connectivity index (χ0n) is 5.79. The molecular weight excluding hydrogens is 116 g/mol. The molecule has 3 heteroatoms. The standard InChI is InChI=1S/C6H11N2O/c1-5-4-6(9)8(3)7(5)2/h5H,3-4H2,1-2H3/q-1. The lowest BCUT2D eigenvalue weighted by molar-refractivity contribution is -0.132. The van der Waals surface area contributed by atoms with Crippen molar-refractivity contribution in [1.29, 1.82) is 0 Å². The van der Waals surface area contributed by atoms with Gasteiger partial charge in [-0.1, -0.05) is 0 Å². The Morgan fingerprint density at radius 2 is 2.33 bits per heavy atom. The second-order valence-electron chi connectivity index (χ2n) is 2.42. The van der Waals surface area contributed by atoms with E-state index in [-0.39, 0.29) is 5.91 Å². The fourth-order valence-corrected chi connectivity index (χ4v) is 0.904. The Labute approximate surface area is 55.2 Å². The van der Waals surface area contributed by atoms with Gasteiger partial charge in [0.15, 0.2) is 0 Å². The van der Waals surface area contributed by atoms with E-state index in [2.05, 4.69) is 7.05 Å². The molecule has 1 amide bonds. The summed E-state index contributed by atoms with van der Waals surface area (Å²) < 4.78 is 0. The first-order valence-electron chi connectivity index (χ1n) is 2.99. The van der Waals surface area contributed by atoms with Crippen molar-refractivity contribution in [3.63, 3.8) is 0 Å². The van der Waals surface area contributed by atoms with E-state index >= 15 is 0 Å². The van der Waals surface area contributed by atoms with E-state index in [0.29, 0.717) is 12.5 Å². The van der Waals surface area contributed by atoms with E-state index in [1.165, 1.54) is 5.01 Å². The van der Waals surface area contributed by atoms with Crippen LogP contribution in [0.25, 0.3) is 0 Å². The average Bonchev–Trinajstić information content (AvgIpc) is 1.98. The molecular formula is C6H11N2O-. The number of carbonyl (C=O) groups is 1. The number of amides is 1. The van der Waals surface area contributed by atoms with Gasteiger partial charge < -0.3 is 5.01 Å². The summed E-state index contributed by atoms with van der Waals surface area (Å²) in [6, 6.07) is 0.315. The highest BCUT2D eigenvalue weighted by molar-refractivity contribution is 5.78. The maximum atomic E-state index is 10.8. The van der Waals surface area contributed by atoms with Crippen LogP contribution in [0.1, 0.15) is 13.3 Å². The van der Waals surface area contributed by atoms with Gasteiger partial charge in [0.25, 0.3) is 0 Å². The quantitative estimate of drug-likeness (QED) is 0.435. The van der Waals surface area contributed by atoms with Gasteiger partial charge in [-0.05, 0) is 6.92 Å². The number of rotatable bonds is 0. The van der Waals surface area contributed by atoms with Gasteiger partial charge in [-0.3, -0.25) is 4.79 Å². The molecule has 1 unspecified atom stereocenters. The molecule has 0 saturated carbocycles. The summed E-state index contributed by atoms with van der Waals surface area (Å²) in [4.78, 5) is 10.8. The van der Waals surface area contributed by atoms with Crippen LogP contribution in [0.15, 0.2) is 0 Å². The van der Waals surface area contributed by atoms with Crippen molar-refractivity contribution >= 4 is 5.91 Å². The lowest BCUT2D eigenvalue weighted by Gasteiger charge is -2.29. The van der Waals surface area contributed by atoms with E-state index in [0.717, 1.165) is 0 Å². The van der Waals surface area contributed by atoms with E-state index in [1.807, 2.05) is 19.0 Å². The first-order chi connectivity index (χ1) is 4.13. The number of hydrazine groups is 1. The fraction of sp³-hybridized carbons (Fsp3) is 0.667. The predicted octanol–water partition coefficient (Wildman–Crippen LogP) is 0.246. The van der Waals surface area contributed by atoms with Crippen LogP contribution in [0, 0.1) is 7.05 Å². The van der Waals surface area contributed by atoms with Gasteiger partial charge in [-0.25, -0.2) is 12.1 Å². The zero-order valence-corrected chi connectivity index (χ0v) is 5.79. The predicted molar refractivity (Wildman–Crippen MR) is 34.0 cm³/mol. The minimum Gasteiger partial charge on any atom is -0.430 e. The van der Waals surface area contributed by atoms with Gasteiger partial charge in [0.2, 0.25) is 5.91 Å². The molecule has 0 aromatic rings. The first kappa shape index (κ1) is 6.55. The molecule has 0 radical (unpaired) electrons. The van der Waals surface area contributed by atoms with E-state index in [1.54, 1.807) is 0 Å². The van der Waals surface area contributed by atoms with E-state index in [4.69, 9.17) is 0 Å². The van der Waals surface area contributed by atoms with Crippen molar-refractivity contribution in [1.82, 2.24) is 10.0 Å². The minimum atomic E-state index is 0.102. The Balaban J connectivity index is 2.65. The van der Waals surface area contributed by atoms with Crippen molar-refractivity contribution in [2.45, 2.75) is 19.4 Å². The minimum absolute atomic E-state index is 0.102. The smallest absolute Gasteiger partial charge is 0.208 e. The molecule has 1 aliphatic rings. The third-order valence-electron chi connectivity index (χ3n) is 1.78. The molecule has 1 fully saturated rings. The van der Waals surface area contributed by atoms with Crippen LogP contribution in [-0.4, -0.2) is 29.0 Å². The van der Waals surface area contributed by atoms with Crippen molar-refractivity contribution in [2.75, 3.05) is 7.05 Å². The second-order valence-corrected chi connectivity index (χ2v) is 2.42. The summed E-state index contributed by atoms with van der Waals surface area (Å²) in [7, 11) is 5.42. The molecule has 0 aromatic heterocycles. The SMILES string of the molecule is [CH2-]N1C(=O)CC(C)N1C. The molecule has 0 aliphatic carbocycles. The fourth-order valence-electron chi connectivity index (χ4n) is 0.904. The van der Waals surface area contributed by atoms with Crippen molar-refractivity contribution in [3.05, 3.63) is 7.05 Å². The van der Waals surface area contributed by atoms with E-state index in [9.17, 15) is 4.79 Å². The van der Waals surface area contributed by atoms with E-state index < -0.39 is 0 Å². The van der Waals surface area contributed by atoms with Gasteiger partial charge in [0, 0.05) is 19.5 Å². The monoisotopic (exact) mass is 127 g/mol. The third-order valence-corrected chi connectivity index (χ3v) is 1.78. The van der Waals surface area contributed by atoms with Crippen LogP contribution in [0.5, 0.6) is 0 Å². The molecule has 3 nitrogen and oxygen atoms in total. The molecule has 52 valence electrons. The number of nitrogens with zero attached hydrogens (tertiary/aromatic N) is 2. The molecule has 0 N–H and O–H groups in total. The Morgan fingerprint density at radius 3 is 2.44 bits per heavy atom. The first-order valence-corrected chi connectivity index (χ1v) is 2.99. The van der Waals surface area contributed by atoms with Gasteiger partial charge >= 0.3 is 0 Å². The van der Waals surface area contributed by atoms with Crippen LogP contribution in [0.2, 0.25) is 0 Å². The van der Waals surface area contributed by atoms with Gasteiger partial charge in [0.1, 0.15) is 0 Å². The topological polar surface area (TPSA) is 23.6 Å². The number of carbonyl (C=O) groups excluding carboxylic acids is 1. The Morgan fingerprint density at radius 1 is 1.78 bits per heavy atom. The summed E-state index contributed by atoms with van der Waals surface area (Å²) in [6.45, 7) is 2.00. The van der Waals surface area contributed by atoms with Crippen molar-refractivity contribution in [3.8, 4) is 0 Å². The molecule has 9 heavy (non-hydrogen) atoms. The summed E-state index contributed by atoms with van der Waals surface area (Å²) in [5, 5.41) is 3.24. The Hall–Kier alpha value is -0.570. The van der Waals surface area contributed by atoms with Crippen molar-refractivity contribution < 1.29 is 4.79 Å². The molecule has 1 heterocycles. The average molecular weight is 127 g/mol. The zero-order chi connectivity index (χ0) is 7.02. The second kappa shape index (κ2) is 1.99. The molecule has 1 atom stereocenters. The summed E-state index contributed by atoms with van der Waals surface area (Å²) in [5.41, 5.74) is 0. The lowest BCUT2D eigenvalue weighted by Crippen LogP contribution is -2.33. The summed E-state index contributed by atoms with van der Waals surface area (Å²) in [5.74, 6) is 0.102. The Bertz CT molecular complexity index is 135.